The molecule has 3 rings (SSSR count). The standard InChI is InChI=1S/C31H47NO3/c1-23(2)10-7-11-24(3)12-8-13-25(4)14-9-16-31(6)17-15-27-28-21-32(18-19-33)22-34-29(28)20-26(5)30(27)35-31/h10,12,14,20,33H,7-9,11,13,15-19,21-22H2,1-6H3/b24-12+,25-14+/t31-/m1/s1. The van der Waals surface area contributed by atoms with Gasteiger partial charge in [-0.05, 0) is 105 Å². The van der Waals surface area contributed by atoms with E-state index in [4.69, 9.17) is 9.47 Å². The Morgan fingerprint density at radius 1 is 1.03 bits per heavy atom. The molecule has 0 fully saturated rings. The number of rotatable bonds is 11. The zero-order valence-corrected chi connectivity index (χ0v) is 23.0. The number of allylic oxidation sites excluding steroid dienone is 6. The van der Waals surface area contributed by atoms with Gasteiger partial charge in [0, 0.05) is 24.2 Å². The number of hydrogen-bond donors (Lipinski definition) is 1. The first-order valence-corrected chi connectivity index (χ1v) is 13.5. The van der Waals surface area contributed by atoms with Crippen molar-refractivity contribution in [2.75, 3.05) is 19.9 Å². The summed E-state index contributed by atoms with van der Waals surface area (Å²) in [4.78, 5) is 2.15. The molecule has 0 radical (unpaired) electrons. The molecule has 0 amide bonds. The zero-order chi connectivity index (χ0) is 25.4. The Balaban J connectivity index is 1.53. The fourth-order valence-electron chi connectivity index (χ4n) is 5.12. The lowest BCUT2D eigenvalue weighted by Gasteiger charge is -2.39. The summed E-state index contributed by atoms with van der Waals surface area (Å²) in [7, 11) is 0. The van der Waals surface area contributed by atoms with Crippen LogP contribution in [0.4, 0.5) is 0 Å². The minimum absolute atomic E-state index is 0.134. The normalized spacial score (nSPS) is 20.5. The monoisotopic (exact) mass is 481 g/mol. The molecule has 0 unspecified atom stereocenters. The highest BCUT2D eigenvalue weighted by Gasteiger charge is 2.35. The number of aliphatic hydroxyl groups excluding tert-OH is 1. The molecule has 35 heavy (non-hydrogen) atoms. The topological polar surface area (TPSA) is 41.9 Å². The smallest absolute Gasteiger partial charge is 0.142 e. The lowest BCUT2D eigenvalue weighted by atomic mass is 9.85. The molecule has 194 valence electrons. The number of benzene rings is 1. The molecule has 0 saturated heterocycles. The van der Waals surface area contributed by atoms with Gasteiger partial charge in [-0.2, -0.15) is 0 Å². The summed E-state index contributed by atoms with van der Waals surface area (Å²) in [5.41, 5.74) is 7.96. The van der Waals surface area contributed by atoms with Crippen LogP contribution in [0.1, 0.15) is 96.3 Å². The van der Waals surface area contributed by atoms with Crippen molar-refractivity contribution in [3.8, 4) is 11.5 Å². The third-order valence-corrected chi connectivity index (χ3v) is 7.38. The first kappa shape index (κ1) is 27.5. The average Bonchev–Trinajstić information content (AvgIpc) is 2.79. The van der Waals surface area contributed by atoms with Gasteiger partial charge in [-0.25, -0.2) is 0 Å². The number of hydrogen-bond acceptors (Lipinski definition) is 4. The fraction of sp³-hybridized carbons (Fsp3) is 0.613. The molecule has 2 heterocycles. The number of aliphatic hydroxyl groups is 1. The summed E-state index contributed by atoms with van der Waals surface area (Å²) in [6.07, 6.45) is 15.9. The summed E-state index contributed by atoms with van der Waals surface area (Å²) in [6.45, 7) is 15.4. The second-order valence-corrected chi connectivity index (χ2v) is 11.1. The quantitative estimate of drug-likeness (QED) is 0.334. The lowest BCUT2D eigenvalue weighted by molar-refractivity contribution is 0.0509. The van der Waals surface area contributed by atoms with E-state index in [-0.39, 0.29) is 12.2 Å². The molecule has 1 N–H and O–H groups in total. The minimum Gasteiger partial charge on any atom is -0.487 e. The van der Waals surface area contributed by atoms with Gasteiger partial charge in [0.15, 0.2) is 0 Å². The minimum atomic E-state index is -0.134. The van der Waals surface area contributed by atoms with Gasteiger partial charge in [0.05, 0.1) is 6.61 Å². The Bertz CT molecular complexity index is 954. The highest BCUT2D eigenvalue weighted by Crippen LogP contribution is 2.44. The highest BCUT2D eigenvalue weighted by atomic mass is 16.5. The van der Waals surface area contributed by atoms with E-state index in [2.05, 4.69) is 70.7 Å². The maximum atomic E-state index is 9.33. The van der Waals surface area contributed by atoms with Crippen LogP contribution in [0, 0.1) is 6.92 Å². The van der Waals surface area contributed by atoms with Crippen molar-refractivity contribution in [1.82, 2.24) is 4.90 Å². The van der Waals surface area contributed by atoms with E-state index in [0.29, 0.717) is 13.3 Å². The number of aryl methyl sites for hydroxylation is 1. The van der Waals surface area contributed by atoms with Crippen molar-refractivity contribution in [3.63, 3.8) is 0 Å². The maximum absolute atomic E-state index is 9.33. The zero-order valence-electron chi connectivity index (χ0n) is 23.0. The van der Waals surface area contributed by atoms with Crippen LogP contribution >= 0.6 is 0 Å². The van der Waals surface area contributed by atoms with Crippen LogP contribution in [0.3, 0.4) is 0 Å². The van der Waals surface area contributed by atoms with Crippen molar-refractivity contribution in [2.45, 2.75) is 105 Å². The first-order valence-electron chi connectivity index (χ1n) is 13.5. The summed E-state index contributed by atoms with van der Waals surface area (Å²) in [5.74, 6) is 2.05. The van der Waals surface area contributed by atoms with E-state index in [9.17, 15) is 5.11 Å². The predicted molar refractivity (Wildman–Crippen MR) is 146 cm³/mol. The Morgan fingerprint density at radius 3 is 2.40 bits per heavy atom. The van der Waals surface area contributed by atoms with Crippen LogP contribution in [0.2, 0.25) is 0 Å². The van der Waals surface area contributed by atoms with Gasteiger partial charge in [0.1, 0.15) is 23.8 Å². The summed E-state index contributed by atoms with van der Waals surface area (Å²) in [5, 5.41) is 9.33. The maximum Gasteiger partial charge on any atom is 0.142 e. The molecule has 1 aromatic carbocycles. The van der Waals surface area contributed by atoms with E-state index in [1.54, 1.807) is 0 Å². The first-order chi connectivity index (χ1) is 16.7. The molecule has 2 aliphatic rings. The van der Waals surface area contributed by atoms with E-state index in [0.717, 1.165) is 63.0 Å². The van der Waals surface area contributed by atoms with E-state index in [1.165, 1.54) is 39.8 Å². The molecule has 0 bridgehead atoms. The average molecular weight is 482 g/mol. The van der Waals surface area contributed by atoms with Crippen molar-refractivity contribution in [3.05, 3.63) is 57.7 Å². The highest BCUT2D eigenvalue weighted by molar-refractivity contribution is 5.55. The SMILES string of the molecule is CC(C)=CCC/C(C)=C/CC/C(C)=C/CC[C@]1(C)CCc2c3c(cc(C)c2O1)OCN(CCO)C3. The van der Waals surface area contributed by atoms with E-state index >= 15 is 0 Å². The number of ether oxygens (including phenoxy) is 2. The van der Waals surface area contributed by atoms with Gasteiger partial charge in [0.25, 0.3) is 0 Å². The molecule has 4 nitrogen and oxygen atoms in total. The number of β-amino-alcohol motifs (C(OH)–C–C–N with tert-alkyl or cyclic N) is 1. The molecule has 1 aromatic rings. The van der Waals surface area contributed by atoms with Crippen LogP contribution in [0.15, 0.2) is 41.0 Å². The molecule has 4 heteroatoms. The third-order valence-electron chi connectivity index (χ3n) is 7.38. The van der Waals surface area contributed by atoms with E-state index in [1.807, 2.05) is 0 Å². The largest absolute Gasteiger partial charge is 0.487 e. The molecule has 0 aromatic heterocycles. The van der Waals surface area contributed by atoms with Crippen LogP contribution in [-0.2, 0) is 13.0 Å². The van der Waals surface area contributed by atoms with Crippen LogP contribution in [0.25, 0.3) is 0 Å². The Morgan fingerprint density at radius 2 is 1.71 bits per heavy atom. The van der Waals surface area contributed by atoms with Crippen molar-refractivity contribution >= 4 is 0 Å². The van der Waals surface area contributed by atoms with E-state index < -0.39 is 0 Å². The molecule has 0 aliphatic carbocycles. The predicted octanol–water partition coefficient (Wildman–Crippen LogP) is 7.42. The Hall–Kier alpha value is -2.04. The van der Waals surface area contributed by atoms with Gasteiger partial charge in [0.2, 0.25) is 0 Å². The van der Waals surface area contributed by atoms with Crippen LogP contribution < -0.4 is 9.47 Å². The second-order valence-electron chi connectivity index (χ2n) is 11.1. The summed E-state index contributed by atoms with van der Waals surface area (Å²) < 4.78 is 12.7. The molecule has 2 aliphatic heterocycles. The Labute approximate surface area is 213 Å². The van der Waals surface area contributed by atoms with Crippen molar-refractivity contribution in [2.24, 2.45) is 0 Å². The molecular formula is C31H47NO3. The van der Waals surface area contributed by atoms with Gasteiger partial charge >= 0.3 is 0 Å². The Kier molecular flexibility index (Phi) is 10.1. The summed E-state index contributed by atoms with van der Waals surface area (Å²) in [6, 6.07) is 2.13. The van der Waals surface area contributed by atoms with Crippen molar-refractivity contribution < 1.29 is 14.6 Å². The molecule has 0 spiro atoms. The molecule has 0 saturated carbocycles. The molecule has 1 atom stereocenters. The number of fused-ring (bicyclic) bond motifs is 3. The van der Waals surface area contributed by atoms with Crippen LogP contribution in [0.5, 0.6) is 11.5 Å². The number of nitrogens with zero attached hydrogens (tertiary/aromatic N) is 1. The molecular weight excluding hydrogens is 434 g/mol. The second kappa shape index (κ2) is 12.8. The van der Waals surface area contributed by atoms with Gasteiger partial charge in [-0.15, -0.1) is 0 Å². The summed E-state index contributed by atoms with van der Waals surface area (Å²) >= 11 is 0. The van der Waals surface area contributed by atoms with Gasteiger partial charge < -0.3 is 14.6 Å². The lowest BCUT2D eigenvalue weighted by Crippen LogP contribution is -2.39. The van der Waals surface area contributed by atoms with Gasteiger partial charge in [-0.3, -0.25) is 4.90 Å². The fourth-order valence-corrected chi connectivity index (χ4v) is 5.12. The van der Waals surface area contributed by atoms with Crippen LogP contribution in [-0.4, -0.2) is 35.5 Å². The van der Waals surface area contributed by atoms with Crippen molar-refractivity contribution in [1.29, 1.82) is 0 Å². The third kappa shape index (κ3) is 7.98. The van der Waals surface area contributed by atoms with Gasteiger partial charge in [-0.1, -0.05) is 34.9 Å².